The highest BCUT2D eigenvalue weighted by atomic mass is 32.1. The predicted molar refractivity (Wildman–Crippen MR) is 37.2 cm³/mol. The zero-order chi connectivity index (χ0) is 6.53. The van der Waals surface area contributed by atoms with Crippen LogP contribution in [0.3, 0.4) is 0 Å². The van der Waals surface area contributed by atoms with Gasteiger partial charge in [0.2, 0.25) is 0 Å². The minimum absolute atomic E-state index is 0.480. The van der Waals surface area contributed by atoms with E-state index in [-0.39, 0.29) is 0 Å². The average Bonchev–Trinajstić information content (AvgIpc) is 2.34. The molecule has 0 bridgehead atoms. The topological polar surface area (TPSA) is 48.8 Å². The van der Waals surface area contributed by atoms with Crippen LogP contribution < -0.4 is 0 Å². The van der Waals surface area contributed by atoms with E-state index in [2.05, 4.69) is 10.0 Å². The summed E-state index contributed by atoms with van der Waals surface area (Å²) < 4.78 is 0. The zero-order valence-electron chi connectivity index (χ0n) is 4.69. The molecule has 1 rings (SSSR count). The molecule has 4 heteroatoms. The number of hydrogen-bond acceptors (Lipinski definition) is 2. The van der Waals surface area contributed by atoms with Crippen LogP contribution in [-0.4, -0.2) is 0 Å². The van der Waals surface area contributed by atoms with Crippen molar-refractivity contribution < 1.29 is 0 Å². The fraction of sp³-hybridized carbons (Fsp3) is 0.200. The molecule has 0 aliphatic rings. The molecule has 0 radical (unpaired) electrons. The van der Waals surface area contributed by atoms with Crippen LogP contribution >= 0.6 is 11.3 Å². The Morgan fingerprint density at radius 2 is 2.67 bits per heavy atom. The minimum Gasteiger partial charge on any atom is -0.149 e. The average molecular weight is 139 g/mol. The summed E-state index contributed by atoms with van der Waals surface area (Å²) in [5.74, 6) is 0. The molecular formula is C5H5N3S. The second-order valence-corrected chi connectivity index (χ2v) is 2.50. The summed E-state index contributed by atoms with van der Waals surface area (Å²) >= 11 is 1.60. The van der Waals surface area contributed by atoms with Crippen LogP contribution in [0.2, 0.25) is 0 Å². The Bertz CT molecular complexity index is 210. The molecule has 0 unspecified atom stereocenters. The molecule has 1 aromatic heterocycles. The Hall–Kier alpha value is -0.990. The van der Waals surface area contributed by atoms with Crippen molar-refractivity contribution in [2.45, 2.75) is 6.54 Å². The fourth-order valence-electron chi connectivity index (χ4n) is 0.504. The zero-order valence-corrected chi connectivity index (χ0v) is 5.51. The molecule has 1 heterocycles. The van der Waals surface area contributed by atoms with Crippen molar-refractivity contribution >= 4 is 11.3 Å². The van der Waals surface area contributed by atoms with Crippen molar-refractivity contribution in [3.63, 3.8) is 0 Å². The second-order valence-electron chi connectivity index (χ2n) is 1.47. The van der Waals surface area contributed by atoms with Gasteiger partial charge in [-0.25, -0.2) is 0 Å². The van der Waals surface area contributed by atoms with Gasteiger partial charge in [-0.3, -0.25) is 0 Å². The van der Waals surface area contributed by atoms with Gasteiger partial charge in [0.05, 0.1) is 6.54 Å². The number of hydrogen-bond donors (Lipinski definition) is 0. The van der Waals surface area contributed by atoms with Gasteiger partial charge in [0.1, 0.15) is 0 Å². The van der Waals surface area contributed by atoms with Crippen LogP contribution in [0.1, 0.15) is 4.88 Å². The lowest BCUT2D eigenvalue weighted by Gasteiger charge is -1.80. The third-order valence-electron chi connectivity index (χ3n) is 0.870. The number of thiophene rings is 1. The van der Waals surface area contributed by atoms with E-state index in [1.54, 1.807) is 11.3 Å². The van der Waals surface area contributed by atoms with E-state index in [0.29, 0.717) is 6.54 Å². The molecule has 9 heavy (non-hydrogen) atoms. The van der Waals surface area contributed by atoms with Crippen molar-refractivity contribution in [2.75, 3.05) is 0 Å². The summed E-state index contributed by atoms with van der Waals surface area (Å²) in [6.07, 6.45) is 0. The van der Waals surface area contributed by atoms with Crippen LogP contribution in [0.4, 0.5) is 0 Å². The van der Waals surface area contributed by atoms with Gasteiger partial charge in [0.25, 0.3) is 0 Å². The lowest BCUT2D eigenvalue weighted by molar-refractivity contribution is 1.08. The van der Waals surface area contributed by atoms with E-state index < -0.39 is 0 Å². The molecule has 0 aliphatic heterocycles. The fourth-order valence-corrected chi connectivity index (χ4v) is 1.13. The van der Waals surface area contributed by atoms with E-state index in [0.717, 1.165) is 4.88 Å². The van der Waals surface area contributed by atoms with E-state index in [1.165, 1.54) is 0 Å². The van der Waals surface area contributed by atoms with Gasteiger partial charge in [-0.1, -0.05) is 11.2 Å². The molecule has 1 aromatic rings. The standard InChI is InChI=1S/C5H5N3S/c6-8-7-4-5-2-1-3-9-5/h1-3H,4H2. The maximum absolute atomic E-state index is 7.93. The third-order valence-corrected chi connectivity index (χ3v) is 1.73. The molecule has 0 amide bonds. The molecule has 0 aromatic carbocycles. The number of rotatable bonds is 2. The quantitative estimate of drug-likeness (QED) is 0.343. The van der Waals surface area contributed by atoms with Crippen molar-refractivity contribution in [2.24, 2.45) is 5.11 Å². The molecule has 0 spiro atoms. The lowest BCUT2D eigenvalue weighted by atomic mass is 10.5. The highest BCUT2D eigenvalue weighted by Crippen LogP contribution is 2.08. The van der Waals surface area contributed by atoms with Gasteiger partial charge >= 0.3 is 0 Å². The van der Waals surface area contributed by atoms with Gasteiger partial charge in [0.15, 0.2) is 0 Å². The molecule has 0 saturated heterocycles. The molecule has 0 aliphatic carbocycles. The Morgan fingerprint density at radius 3 is 3.22 bits per heavy atom. The molecule has 3 nitrogen and oxygen atoms in total. The monoisotopic (exact) mass is 139 g/mol. The Balaban J connectivity index is 2.57. The summed E-state index contributed by atoms with van der Waals surface area (Å²) in [4.78, 5) is 3.75. The Kier molecular flexibility index (Phi) is 2.13. The van der Waals surface area contributed by atoms with Gasteiger partial charge in [-0.15, -0.1) is 11.3 Å². The van der Waals surface area contributed by atoms with Crippen LogP contribution in [0.25, 0.3) is 10.4 Å². The summed E-state index contributed by atoms with van der Waals surface area (Å²) in [5, 5.41) is 5.37. The van der Waals surface area contributed by atoms with Crippen LogP contribution in [0, 0.1) is 0 Å². The first-order valence-corrected chi connectivity index (χ1v) is 3.34. The SMILES string of the molecule is [N-]=[N+]=NCc1cccs1. The number of nitrogens with zero attached hydrogens (tertiary/aromatic N) is 3. The Morgan fingerprint density at radius 1 is 1.78 bits per heavy atom. The van der Waals surface area contributed by atoms with Crippen molar-refractivity contribution in [3.8, 4) is 0 Å². The van der Waals surface area contributed by atoms with Gasteiger partial charge < -0.3 is 0 Å². The smallest absolute Gasteiger partial charge is 0.0604 e. The van der Waals surface area contributed by atoms with Crippen LogP contribution in [0.5, 0.6) is 0 Å². The first-order valence-electron chi connectivity index (χ1n) is 2.46. The Labute approximate surface area is 56.6 Å². The summed E-state index contributed by atoms with van der Waals surface area (Å²) in [6, 6.07) is 3.88. The minimum atomic E-state index is 0.480. The highest BCUT2D eigenvalue weighted by Gasteiger charge is 1.86. The first-order chi connectivity index (χ1) is 4.43. The highest BCUT2D eigenvalue weighted by molar-refractivity contribution is 7.09. The summed E-state index contributed by atoms with van der Waals surface area (Å²) in [6.45, 7) is 0.480. The van der Waals surface area contributed by atoms with E-state index in [9.17, 15) is 0 Å². The second kappa shape index (κ2) is 3.12. The lowest BCUT2D eigenvalue weighted by Crippen LogP contribution is -1.66. The van der Waals surface area contributed by atoms with E-state index >= 15 is 0 Å². The summed E-state index contributed by atoms with van der Waals surface area (Å²) in [5.41, 5.74) is 7.93. The van der Waals surface area contributed by atoms with E-state index in [1.807, 2.05) is 17.5 Å². The van der Waals surface area contributed by atoms with E-state index in [4.69, 9.17) is 5.53 Å². The normalized spacial score (nSPS) is 8.44. The third kappa shape index (κ3) is 1.76. The molecular weight excluding hydrogens is 134 g/mol. The molecule has 0 saturated carbocycles. The summed E-state index contributed by atoms with van der Waals surface area (Å²) in [7, 11) is 0. The molecule has 0 N–H and O–H groups in total. The molecule has 0 fully saturated rings. The van der Waals surface area contributed by atoms with Crippen molar-refractivity contribution in [1.29, 1.82) is 0 Å². The van der Waals surface area contributed by atoms with Gasteiger partial charge in [-0.05, 0) is 17.0 Å². The number of azide groups is 1. The largest absolute Gasteiger partial charge is 0.149 e. The molecule has 46 valence electrons. The van der Waals surface area contributed by atoms with Gasteiger partial charge in [0, 0.05) is 9.79 Å². The maximum atomic E-state index is 7.93. The predicted octanol–water partition coefficient (Wildman–Crippen LogP) is 2.56. The van der Waals surface area contributed by atoms with Gasteiger partial charge in [-0.2, -0.15) is 0 Å². The van der Waals surface area contributed by atoms with Crippen molar-refractivity contribution in [1.82, 2.24) is 0 Å². The molecule has 0 atom stereocenters. The van der Waals surface area contributed by atoms with Crippen molar-refractivity contribution in [3.05, 3.63) is 32.8 Å². The van der Waals surface area contributed by atoms with Crippen LogP contribution in [0.15, 0.2) is 22.6 Å². The first kappa shape index (κ1) is 6.13. The maximum Gasteiger partial charge on any atom is 0.0604 e. The van der Waals surface area contributed by atoms with Crippen LogP contribution in [-0.2, 0) is 6.54 Å².